The van der Waals surface area contributed by atoms with Gasteiger partial charge in [-0.25, -0.2) is 0 Å². The van der Waals surface area contributed by atoms with E-state index in [0.717, 1.165) is 18.5 Å². The van der Waals surface area contributed by atoms with Crippen LogP contribution < -0.4 is 0 Å². The molecule has 3 heteroatoms. The lowest BCUT2D eigenvalue weighted by Crippen LogP contribution is -1.97. The highest BCUT2D eigenvalue weighted by Gasteiger charge is 2.20. The highest BCUT2D eigenvalue weighted by Crippen LogP contribution is 2.41. The van der Waals surface area contributed by atoms with Crippen LogP contribution in [0.25, 0.3) is 88.1 Å². The van der Waals surface area contributed by atoms with Crippen molar-refractivity contribution in [3.05, 3.63) is 182 Å². The lowest BCUT2D eigenvalue weighted by Gasteiger charge is -2.13. The normalized spacial score (nSPS) is 13.4. The van der Waals surface area contributed by atoms with Gasteiger partial charge in [-0.3, -0.25) is 0 Å². The summed E-state index contributed by atoms with van der Waals surface area (Å²) in [7, 11) is 0. The van der Waals surface area contributed by atoms with Gasteiger partial charge in [0.05, 0.1) is 33.1 Å². The van der Waals surface area contributed by atoms with Crippen LogP contribution in [0.15, 0.2) is 176 Å². The van der Waals surface area contributed by atoms with E-state index in [1.807, 2.05) is 0 Å². The smallest absolute Gasteiger partial charge is 0.0562 e. The van der Waals surface area contributed by atoms with Crippen molar-refractivity contribution in [3.63, 3.8) is 0 Å². The first-order valence-corrected chi connectivity index (χ1v) is 17.8. The molecule has 3 nitrogen and oxygen atoms in total. The van der Waals surface area contributed by atoms with Gasteiger partial charge in [-0.2, -0.15) is 0 Å². The van der Waals surface area contributed by atoms with E-state index in [-0.39, 0.29) is 0 Å². The zero-order valence-electron chi connectivity index (χ0n) is 28.0. The summed E-state index contributed by atoms with van der Waals surface area (Å²) in [6.45, 7) is 0. The molecule has 0 saturated heterocycles. The standard InChI is InChI=1S/C48H33N3/c1-3-14-32(15-4-1)33-16-13-19-35(28-33)50-44-24-11-7-20-37(44)40-29-36(26-27-46(40)50)51-45-25-12-9-22-39(45)42-30-41-38-21-8-10-23-43(38)49(47(41)31-48(42)51)34-17-5-2-6-18-34/h2-3,5-31H,1,4H2. The van der Waals surface area contributed by atoms with E-state index in [4.69, 9.17) is 0 Å². The Morgan fingerprint density at radius 1 is 0.333 bits per heavy atom. The van der Waals surface area contributed by atoms with E-state index in [2.05, 4.69) is 190 Å². The SMILES string of the molecule is C1=CC(c2cccc(-n3c4ccccc4c4cc(-n5c6ccccc6c6cc7c8ccccc8n(-c8ccccc8)c7cc65)ccc43)c2)=CCC1. The molecule has 10 aromatic rings. The van der Waals surface area contributed by atoms with Crippen LogP contribution in [-0.2, 0) is 0 Å². The molecule has 0 radical (unpaired) electrons. The fourth-order valence-corrected chi connectivity index (χ4v) is 8.59. The van der Waals surface area contributed by atoms with Crippen LogP contribution in [-0.4, -0.2) is 13.7 Å². The quantitative estimate of drug-likeness (QED) is 0.180. The maximum atomic E-state index is 2.46. The Morgan fingerprint density at radius 3 is 1.51 bits per heavy atom. The van der Waals surface area contributed by atoms with Gasteiger partial charge >= 0.3 is 0 Å². The molecule has 0 fully saturated rings. The van der Waals surface area contributed by atoms with E-state index in [1.165, 1.54) is 87.9 Å². The third-order valence-corrected chi connectivity index (χ3v) is 10.8. The molecule has 0 spiro atoms. The molecule has 3 aromatic heterocycles. The van der Waals surface area contributed by atoms with Crippen LogP contribution in [0.3, 0.4) is 0 Å². The summed E-state index contributed by atoms with van der Waals surface area (Å²) in [5.41, 5.74) is 13.3. The number of nitrogens with zero attached hydrogens (tertiary/aromatic N) is 3. The maximum absolute atomic E-state index is 2.46. The van der Waals surface area contributed by atoms with Gasteiger partial charge in [-0.15, -0.1) is 0 Å². The molecule has 0 atom stereocenters. The fourth-order valence-electron chi connectivity index (χ4n) is 8.59. The topological polar surface area (TPSA) is 14.8 Å². The van der Waals surface area contributed by atoms with Gasteiger partial charge in [0.15, 0.2) is 0 Å². The number of hydrogen-bond donors (Lipinski definition) is 0. The molecule has 51 heavy (non-hydrogen) atoms. The zero-order chi connectivity index (χ0) is 33.5. The second-order valence-electron chi connectivity index (χ2n) is 13.7. The van der Waals surface area contributed by atoms with Crippen LogP contribution in [0.2, 0.25) is 0 Å². The monoisotopic (exact) mass is 651 g/mol. The summed E-state index contributed by atoms with van der Waals surface area (Å²) in [4.78, 5) is 0. The van der Waals surface area contributed by atoms with Gasteiger partial charge in [0.25, 0.3) is 0 Å². The second kappa shape index (κ2) is 11.0. The number of para-hydroxylation sites is 4. The summed E-state index contributed by atoms with van der Waals surface area (Å²) >= 11 is 0. The summed E-state index contributed by atoms with van der Waals surface area (Å²) in [5, 5.41) is 7.56. The second-order valence-corrected chi connectivity index (χ2v) is 13.7. The average molecular weight is 652 g/mol. The molecular weight excluding hydrogens is 619 g/mol. The molecule has 1 aliphatic carbocycles. The highest BCUT2D eigenvalue weighted by atomic mass is 15.0. The van der Waals surface area contributed by atoms with Crippen molar-refractivity contribution < 1.29 is 0 Å². The molecule has 0 unspecified atom stereocenters. The molecule has 0 bridgehead atoms. The van der Waals surface area contributed by atoms with Crippen molar-refractivity contribution in [2.75, 3.05) is 0 Å². The molecule has 240 valence electrons. The lowest BCUT2D eigenvalue weighted by atomic mass is 9.99. The van der Waals surface area contributed by atoms with Crippen molar-refractivity contribution in [2.45, 2.75) is 12.8 Å². The Balaban J connectivity index is 1.18. The Kier molecular flexibility index (Phi) is 6.08. The number of allylic oxidation sites excluding steroid dienone is 4. The minimum Gasteiger partial charge on any atom is -0.309 e. The average Bonchev–Trinajstić information content (AvgIpc) is 3.83. The number of benzene rings is 7. The summed E-state index contributed by atoms with van der Waals surface area (Å²) in [6.07, 6.45) is 9.11. The molecule has 11 rings (SSSR count). The third-order valence-electron chi connectivity index (χ3n) is 10.8. The van der Waals surface area contributed by atoms with Gasteiger partial charge in [0, 0.05) is 49.4 Å². The van der Waals surface area contributed by atoms with Crippen LogP contribution in [0, 0.1) is 0 Å². The van der Waals surface area contributed by atoms with E-state index in [1.54, 1.807) is 0 Å². The van der Waals surface area contributed by atoms with Gasteiger partial charge in [0.1, 0.15) is 0 Å². The Morgan fingerprint density at radius 2 is 0.863 bits per heavy atom. The van der Waals surface area contributed by atoms with Crippen molar-refractivity contribution in [3.8, 4) is 17.1 Å². The molecule has 3 heterocycles. The number of rotatable bonds is 4. The molecule has 0 saturated carbocycles. The van der Waals surface area contributed by atoms with Crippen molar-refractivity contribution in [1.29, 1.82) is 0 Å². The highest BCUT2D eigenvalue weighted by molar-refractivity contribution is 6.19. The Labute approximate surface area is 295 Å². The summed E-state index contributed by atoms with van der Waals surface area (Å²) in [5.74, 6) is 0. The van der Waals surface area contributed by atoms with E-state index in [0.29, 0.717) is 0 Å². The summed E-state index contributed by atoms with van der Waals surface area (Å²) in [6, 6.07) is 58.0. The van der Waals surface area contributed by atoms with E-state index in [9.17, 15) is 0 Å². The molecule has 1 aliphatic rings. The van der Waals surface area contributed by atoms with Crippen molar-refractivity contribution in [2.24, 2.45) is 0 Å². The predicted molar refractivity (Wildman–Crippen MR) is 216 cm³/mol. The fraction of sp³-hybridized carbons (Fsp3) is 0.0417. The first-order valence-electron chi connectivity index (χ1n) is 17.8. The Bertz CT molecular complexity index is 3070. The van der Waals surface area contributed by atoms with Crippen molar-refractivity contribution >= 4 is 71.0 Å². The molecule has 0 aliphatic heterocycles. The molecule has 0 N–H and O–H groups in total. The largest absolute Gasteiger partial charge is 0.309 e. The van der Waals surface area contributed by atoms with Crippen LogP contribution in [0.5, 0.6) is 0 Å². The van der Waals surface area contributed by atoms with E-state index >= 15 is 0 Å². The molecular formula is C48H33N3. The maximum Gasteiger partial charge on any atom is 0.0562 e. The predicted octanol–water partition coefficient (Wildman–Crippen LogP) is 12.7. The van der Waals surface area contributed by atoms with Gasteiger partial charge < -0.3 is 13.7 Å². The summed E-state index contributed by atoms with van der Waals surface area (Å²) < 4.78 is 7.31. The zero-order valence-corrected chi connectivity index (χ0v) is 28.0. The van der Waals surface area contributed by atoms with Crippen LogP contribution in [0.4, 0.5) is 0 Å². The minimum absolute atomic E-state index is 1.09. The van der Waals surface area contributed by atoms with Crippen molar-refractivity contribution in [1.82, 2.24) is 13.7 Å². The molecule has 0 amide bonds. The van der Waals surface area contributed by atoms with E-state index < -0.39 is 0 Å². The lowest BCUT2D eigenvalue weighted by molar-refractivity contribution is 1.04. The van der Waals surface area contributed by atoms with Gasteiger partial charge in [-0.1, -0.05) is 103 Å². The van der Waals surface area contributed by atoms with Crippen LogP contribution in [0.1, 0.15) is 18.4 Å². The number of fused-ring (bicyclic) bond motifs is 9. The number of hydrogen-bond acceptors (Lipinski definition) is 0. The first kappa shape index (κ1) is 28.3. The van der Waals surface area contributed by atoms with Gasteiger partial charge in [-0.05, 0) is 96.8 Å². The van der Waals surface area contributed by atoms with Gasteiger partial charge in [0.2, 0.25) is 0 Å². The van der Waals surface area contributed by atoms with Crippen LogP contribution >= 0.6 is 0 Å². The minimum atomic E-state index is 1.09. The third kappa shape index (κ3) is 4.18. The molecule has 7 aromatic carbocycles. The number of aromatic nitrogens is 3. The first-order chi connectivity index (χ1) is 25.3. The Hall–Kier alpha value is -6.58.